The minimum Gasteiger partial charge on any atom is -0.354 e. The maximum absolute atomic E-state index is 12.2. The van der Waals surface area contributed by atoms with E-state index < -0.39 is 0 Å². The zero-order valence-corrected chi connectivity index (χ0v) is 13.0. The van der Waals surface area contributed by atoms with Gasteiger partial charge >= 0.3 is 0 Å². The summed E-state index contributed by atoms with van der Waals surface area (Å²) in [6.07, 6.45) is 6.73. The number of carbonyl (C=O) groups excluding carboxylic acids is 1. The Balaban J connectivity index is 2.42. The van der Waals surface area contributed by atoms with Crippen molar-refractivity contribution in [3.8, 4) is 0 Å². The van der Waals surface area contributed by atoms with E-state index in [2.05, 4.69) is 32.3 Å². The largest absolute Gasteiger partial charge is 0.354 e. The summed E-state index contributed by atoms with van der Waals surface area (Å²) in [6, 6.07) is 0. The molecule has 3 N–H and O–H groups in total. The number of carbonyl (C=O) groups is 1. The topological polar surface area (TPSA) is 55.1 Å². The van der Waals surface area contributed by atoms with Crippen LogP contribution in [0.25, 0.3) is 0 Å². The van der Waals surface area contributed by atoms with Crippen molar-refractivity contribution in [3.05, 3.63) is 0 Å². The maximum atomic E-state index is 12.2. The van der Waals surface area contributed by atoms with Crippen molar-refractivity contribution in [3.63, 3.8) is 0 Å². The van der Waals surface area contributed by atoms with Crippen LogP contribution in [0.4, 0.5) is 0 Å². The van der Waals surface area contributed by atoms with Crippen molar-refractivity contribution < 1.29 is 4.79 Å². The van der Waals surface area contributed by atoms with Gasteiger partial charge in [-0.15, -0.1) is 0 Å². The van der Waals surface area contributed by atoms with Gasteiger partial charge in [-0.05, 0) is 30.9 Å². The Morgan fingerprint density at radius 1 is 1.44 bits per heavy atom. The minimum absolute atomic E-state index is 0.0519. The first kappa shape index (κ1) is 15.8. The fraction of sp³-hybridized carbons (Fsp3) is 0.929. The Morgan fingerprint density at radius 3 is 2.39 bits per heavy atom. The van der Waals surface area contributed by atoms with Crippen LogP contribution in [0.2, 0.25) is 0 Å². The predicted octanol–water partition coefficient (Wildman–Crippen LogP) is 2.40. The first-order valence-electron chi connectivity index (χ1n) is 6.85. The second-order valence-electron chi connectivity index (χ2n) is 6.66. The number of nitrogens with two attached hydrogens (primary N) is 1. The molecular formula is C14H28N2OS. The molecule has 0 aliphatic heterocycles. The molecule has 0 bridgehead atoms. The molecule has 0 aromatic carbocycles. The first-order valence-corrected chi connectivity index (χ1v) is 8.07. The monoisotopic (exact) mass is 272 g/mol. The first-order chi connectivity index (χ1) is 8.32. The molecule has 1 saturated carbocycles. The summed E-state index contributed by atoms with van der Waals surface area (Å²) >= 11 is 1.89. The molecule has 106 valence electrons. The second-order valence-corrected chi connectivity index (χ2v) is 7.93. The Morgan fingerprint density at radius 2 is 2.06 bits per heavy atom. The number of nitrogens with one attached hydrogen (secondary N) is 1. The van der Waals surface area contributed by atoms with E-state index in [-0.39, 0.29) is 17.2 Å². The second kappa shape index (κ2) is 6.29. The SMILES string of the molecule is CSC1(CNC(=O)C(CN)CC(C)(C)C)CCC1. The summed E-state index contributed by atoms with van der Waals surface area (Å²) in [5.41, 5.74) is 5.88. The Hall–Kier alpha value is -0.220. The normalized spacial score (nSPS) is 20.1. The van der Waals surface area contributed by atoms with Crippen LogP contribution < -0.4 is 11.1 Å². The third kappa shape index (κ3) is 4.47. The lowest BCUT2D eigenvalue weighted by Crippen LogP contribution is -2.47. The highest BCUT2D eigenvalue weighted by Gasteiger charge is 2.36. The smallest absolute Gasteiger partial charge is 0.224 e. The molecule has 18 heavy (non-hydrogen) atoms. The molecule has 0 heterocycles. The van der Waals surface area contributed by atoms with Crippen LogP contribution in [0.15, 0.2) is 0 Å². The summed E-state index contributed by atoms with van der Waals surface area (Å²) in [7, 11) is 0. The van der Waals surface area contributed by atoms with E-state index in [0.29, 0.717) is 11.3 Å². The fourth-order valence-electron chi connectivity index (χ4n) is 2.44. The van der Waals surface area contributed by atoms with Crippen molar-refractivity contribution in [2.75, 3.05) is 19.3 Å². The molecule has 0 aromatic rings. The quantitative estimate of drug-likeness (QED) is 0.780. The van der Waals surface area contributed by atoms with Crippen LogP contribution in [-0.4, -0.2) is 30.0 Å². The van der Waals surface area contributed by atoms with Crippen LogP contribution in [0.5, 0.6) is 0 Å². The molecular weight excluding hydrogens is 244 g/mol. The van der Waals surface area contributed by atoms with Crippen molar-refractivity contribution in [2.24, 2.45) is 17.1 Å². The highest BCUT2D eigenvalue weighted by Crippen LogP contribution is 2.42. The number of amides is 1. The van der Waals surface area contributed by atoms with Gasteiger partial charge in [0.15, 0.2) is 0 Å². The maximum Gasteiger partial charge on any atom is 0.224 e. The molecule has 4 heteroatoms. The van der Waals surface area contributed by atoms with E-state index in [0.717, 1.165) is 13.0 Å². The zero-order valence-electron chi connectivity index (χ0n) is 12.2. The molecule has 0 saturated heterocycles. The molecule has 1 atom stereocenters. The van der Waals surface area contributed by atoms with Gasteiger partial charge in [-0.2, -0.15) is 11.8 Å². The molecule has 1 aliphatic rings. The predicted molar refractivity (Wildman–Crippen MR) is 79.7 cm³/mol. The summed E-state index contributed by atoms with van der Waals surface area (Å²) in [5, 5.41) is 3.11. The van der Waals surface area contributed by atoms with Gasteiger partial charge < -0.3 is 11.1 Å². The van der Waals surface area contributed by atoms with Crippen molar-refractivity contribution in [1.82, 2.24) is 5.32 Å². The van der Waals surface area contributed by atoms with Crippen LogP contribution in [0, 0.1) is 11.3 Å². The zero-order chi connectivity index (χ0) is 13.8. The van der Waals surface area contributed by atoms with Crippen LogP contribution in [-0.2, 0) is 4.79 Å². The third-order valence-corrected chi connectivity index (χ3v) is 5.22. The van der Waals surface area contributed by atoms with Crippen LogP contribution in [0.1, 0.15) is 46.5 Å². The van der Waals surface area contributed by atoms with Gasteiger partial charge in [-0.25, -0.2) is 0 Å². The van der Waals surface area contributed by atoms with E-state index in [1.165, 1.54) is 19.3 Å². The fourth-order valence-corrected chi connectivity index (χ4v) is 3.35. The third-order valence-electron chi connectivity index (χ3n) is 3.80. The van der Waals surface area contributed by atoms with Gasteiger partial charge in [-0.3, -0.25) is 4.79 Å². The number of hydrogen-bond acceptors (Lipinski definition) is 3. The summed E-state index contributed by atoms with van der Waals surface area (Å²) in [4.78, 5) is 12.2. The number of hydrogen-bond donors (Lipinski definition) is 2. The average molecular weight is 272 g/mol. The summed E-state index contributed by atoms with van der Waals surface area (Å²) in [6.45, 7) is 7.69. The molecule has 0 spiro atoms. The van der Waals surface area contributed by atoms with E-state index in [1.807, 2.05) is 11.8 Å². The molecule has 1 unspecified atom stereocenters. The van der Waals surface area contributed by atoms with Gasteiger partial charge in [0.1, 0.15) is 0 Å². The Kier molecular flexibility index (Phi) is 5.53. The van der Waals surface area contributed by atoms with Crippen molar-refractivity contribution >= 4 is 17.7 Å². The molecule has 1 amide bonds. The molecule has 1 rings (SSSR count). The Labute approximate surface area is 116 Å². The highest BCUT2D eigenvalue weighted by atomic mass is 32.2. The molecule has 1 fully saturated rings. The van der Waals surface area contributed by atoms with Crippen molar-refractivity contribution in [2.45, 2.75) is 51.2 Å². The van der Waals surface area contributed by atoms with Gasteiger partial charge in [0, 0.05) is 17.8 Å². The van der Waals surface area contributed by atoms with Gasteiger partial charge in [-0.1, -0.05) is 27.2 Å². The van der Waals surface area contributed by atoms with Gasteiger partial charge in [0.05, 0.1) is 5.92 Å². The van der Waals surface area contributed by atoms with Gasteiger partial charge in [0.25, 0.3) is 0 Å². The molecule has 3 nitrogen and oxygen atoms in total. The summed E-state index contributed by atoms with van der Waals surface area (Å²) < 4.78 is 0.302. The lowest BCUT2D eigenvalue weighted by molar-refractivity contribution is -0.125. The van der Waals surface area contributed by atoms with E-state index in [1.54, 1.807) is 0 Å². The van der Waals surface area contributed by atoms with E-state index in [9.17, 15) is 4.79 Å². The van der Waals surface area contributed by atoms with Gasteiger partial charge in [0.2, 0.25) is 5.91 Å². The Bertz CT molecular complexity index is 276. The molecule has 0 aromatic heterocycles. The molecule has 0 radical (unpaired) electrons. The number of thioether (sulfide) groups is 1. The lowest BCUT2D eigenvalue weighted by Gasteiger charge is -2.40. The number of rotatable bonds is 6. The molecule has 1 aliphatic carbocycles. The van der Waals surface area contributed by atoms with Crippen molar-refractivity contribution in [1.29, 1.82) is 0 Å². The van der Waals surface area contributed by atoms with Crippen LogP contribution in [0.3, 0.4) is 0 Å². The van der Waals surface area contributed by atoms with Crippen LogP contribution >= 0.6 is 11.8 Å². The standard InChI is InChI=1S/C14H28N2OS/c1-13(2,3)8-11(9-15)12(17)16-10-14(18-4)6-5-7-14/h11H,5-10,15H2,1-4H3,(H,16,17). The lowest BCUT2D eigenvalue weighted by atomic mass is 9.83. The minimum atomic E-state index is -0.0519. The average Bonchev–Trinajstić information content (AvgIpc) is 2.23. The highest BCUT2D eigenvalue weighted by molar-refractivity contribution is 8.00. The summed E-state index contributed by atoms with van der Waals surface area (Å²) in [5.74, 6) is 0.0803. The van der Waals surface area contributed by atoms with E-state index >= 15 is 0 Å². The van der Waals surface area contributed by atoms with E-state index in [4.69, 9.17) is 5.73 Å².